The first-order chi connectivity index (χ1) is 12.3. The Morgan fingerprint density at radius 1 is 1.31 bits per heavy atom. The SMILES string of the molecule is CCOC(CCNC(=NC)NCCOc1cccnc1)C1CCCC1.I. The van der Waals surface area contributed by atoms with Crippen LogP contribution in [0.5, 0.6) is 5.75 Å². The predicted molar refractivity (Wildman–Crippen MR) is 117 cm³/mol. The summed E-state index contributed by atoms with van der Waals surface area (Å²) >= 11 is 0. The molecule has 1 unspecified atom stereocenters. The number of ether oxygens (including phenoxy) is 2. The normalized spacial score (nSPS) is 16.0. The van der Waals surface area contributed by atoms with E-state index in [1.54, 1.807) is 19.4 Å². The Labute approximate surface area is 174 Å². The molecule has 1 aliphatic rings. The number of halogens is 1. The number of guanidine groups is 1. The van der Waals surface area contributed by atoms with Crippen molar-refractivity contribution in [2.24, 2.45) is 10.9 Å². The van der Waals surface area contributed by atoms with Gasteiger partial charge < -0.3 is 20.1 Å². The number of aromatic nitrogens is 1. The second-order valence-corrected chi connectivity index (χ2v) is 6.29. The highest BCUT2D eigenvalue weighted by Gasteiger charge is 2.24. The van der Waals surface area contributed by atoms with Crippen molar-refractivity contribution in [1.82, 2.24) is 15.6 Å². The van der Waals surface area contributed by atoms with Gasteiger partial charge in [-0.15, -0.1) is 24.0 Å². The molecule has 0 aliphatic heterocycles. The van der Waals surface area contributed by atoms with Gasteiger partial charge in [-0.3, -0.25) is 9.98 Å². The fraction of sp³-hybridized carbons (Fsp3) is 0.684. The van der Waals surface area contributed by atoms with Crippen LogP contribution in [0.25, 0.3) is 0 Å². The fourth-order valence-corrected chi connectivity index (χ4v) is 3.32. The van der Waals surface area contributed by atoms with Crippen LogP contribution in [-0.4, -0.2) is 50.4 Å². The van der Waals surface area contributed by atoms with Crippen LogP contribution >= 0.6 is 24.0 Å². The Kier molecular flexibility index (Phi) is 12.4. The van der Waals surface area contributed by atoms with Crippen molar-refractivity contribution < 1.29 is 9.47 Å². The Hall–Kier alpha value is -1.09. The molecule has 0 bridgehead atoms. The molecule has 0 amide bonds. The summed E-state index contributed by atoms with van der Waals surface area (Å²) in [6.07, 6.45) is 10.1. The molecule has 0 radical (unpaired) electrons. The summed E-state index contributed by atoms with van der Waals surface area (Å²) in [7, 11) is 1.79. The van der Waals surface area contributed by atoms with E-state index in [0.717, 1.165) is 37.2 Å². The molecule has 1 atom stereocenters. The predicted octanol–water partition coefficient (Wildman–Crippen LogP) is 3.23. The summed E-state index contributed by atoms with van der Waals surface area (Å²) in [5.41, 5.74) is 0. The first-order valence-corrected chi connectivity index (χ1v) is 9.42. The van der Waals surface area contributed by atoms with Gasteiger partial charge >= 0.3 is 0 Å². The van der Waals surface area contributed by atoms with Gasteiger partial charge in [0.25, 0.3) is 0 Å². The zero-order chi connectivity index (χ0) is 17.7. The average Bonchev–Trinajstić information content (AvgIpc) is 3.18. The highest BCUT2D eigenvalue weighted by atomic mass is 127. The molecule has 7 heteroatoms. The maximum absolute atomic E-state index is 5.96. The lowest BCUT2D eigenvalue weighted by atomic mass is 9.98. The van der Waals surface area contributed by atoms with Crippen LogP contribution in [-0.2, 0) is 4.74 Å². The van der Waals surface area contributed by atoms with E-state index >= 15 is 0 Å². The highest BCUT2D eigenvalue weighted by molar-refractivity contribution is 14.0. The minimum atomic E-state index is 0. The lowest BCUT2D eigenvalue weighted by Crippen LogP contribution is -2.41. The lowest BCUT2D eigenvalue weighted by molar-refractivity contribution is 0.0169. The van der Waals surface area contributed by atoms with E-state index in [-0.39, 0.29) is 24.0 Å². The van der Waals surface area contributed by atoms with Crippen molar-refractivity contribution >= 4 is 29.9 Å². The number of hydrogen-bond acceptors (Lipinski definition) is 4. The van der Waals surface area contributed by atoms with Crippen LogP contribution in [0.4, 0.5) is 0 Å². The number of nitrogens with one attached hydrogen (secondary N) is 2. The molecule has 0 aromatic carbocycles. The third-order valence-corrected chi connectivity index (χ3v) is 4.55. The van der Waals surface area contributed by atoms with Gasteiger partial charge in [0.15, 0.2) is 5.96 Å². The molecular formula is C19H33IN4O2. The zero-order valence-corrected chi connectivity index (χ0v) is 18.3. The van der Waals surface area contributed by atoms with Gasteiger partial charge in [0.05, 0.1) is 18.8 Å². The maximum Gasteiger partial charge on any atom is 0.191 e. The van der Waals surface area contributed by atoms with Gasteiger partial charge in [-0.25, -0.2) is 0 Å². The molecule has 26 heavy (non-hydrogen) atoms. The zero-order valence-electron chi connectivity index (χ0n) is 15.9. The van der Waals surface area contributed by atoms with E-state index in [9.17, 15) is 0 Å². The van der Waals surface area contributed by atoms with E-state index < -0.39 is 0 Å². The van der Waals surface area contributed by atoms with Crippen LogP contribution in [0.2, 0.25) is 0 Å². The molecule has 1 aromatic rings. The Balaban J connectivity index is 0.00000338. The van der Waals surface area contributed by atoms with Gasteiger partial charge in [-0.05, 0) is 44.2 Å². The van der Waals surface area contributed by atoms with Crippen LogP contribution in [0, 0.1) is 5.92 Å². The minimum absolute atomic E-state index is 0. The molecule has 1 fully saturated rings. The highest BCUT2D eigenvalue weighted by Crippen LogP contribution is 2.30. The number of hydrogen-bond donors (Lipinski definition) is 2. The van der Waals surface area contributed by atoms with Gasteiger partial charge in [-0.1, -0.05) is 12.8 Å². The maximum atomic E-state index is 5.96. The first-order valence-electron chi connectivity index (χ1n) is 9.42. The molecular weight excluding hydrogens is 443 g/mol. The molecule has 1 aliphatic carbocycles. The summed E-state index contributed by atoms with van der Waals surface area (Å²) in [5.74, 6) is 2.31. The van der Waals surface area contributed by atoms with Crippen molar-refractivity contribution in [3.8, 4) is 5.75 Å². The van der Waals surface area contributed by atoms with Crippen molar-refractivity contribution in [3.05, 3.63) is 24.5 Å². The standard InChI is InChI=1S/C19H32N4O2.HI/c1-3-24-18(16-7-4-5-8-16)10-12-22-19(20-2)23-13-14-25-17-9-6-11-21-15-17;/h6,9,11,15-16,18H,3-5,7-8,10,12-14H2,1-2H3,(H2,20,22,23);1H. The second-order valence-electron chi connectivity index (χ2n) is 6.29. The van der Waals surface area contributed by atoms with E-state index in [0.29, 0.717) is 19.3 Å². The van der Waals surface area contributed by atoms with Crippen LogP contribution in [0.1, 0.15) is 39.0 Å². The van der Waals surface area contributed by atoms with Crippen molar-refractivity contribution in [3.63, 3.8) is 0 Å². The summed E-state index contributed by atoms with van der Waals surface area (Å²) in [4.78, 5) is 8.28. The number of nitrogens with zero attached hydrogens (tertiary/aromatic N) is 2. The van der Waals surface area contributed by atoms with Crippen LogP contribution < -0.4 is 15.4 Å². The quantitative estimate of drug-likeness (QED) is 0.235. The van der Waals surface area contributed by atoms with E-state index in [1.165, 1.54) is 25.7 Å². The smallest absolute Gasteiger partial charge is 0.191 e. The summed E-state index contributed by atoms with van der Waals surface area (Å²) < 4.78 is 11.6. The van der Waals surface area contributed by atoms with Crippen LogP contribution in [0.15, 0.2) is 29.5 Å². The molecule has 1 aromatic heterocycles. The number of rotatable bonds is 10. The van der Waals surface area contributed by atoms with Crippen molar-refractivity contribution in [1.29, 1.82) is 0 Å². The molecule has 2 rings (SSSR count). The molecule has 1 saturated carbocycles. The Morgan fingerprint density at radius 2 is 2.08 bits per heavy atom. The second kappa shape index (κ2) is 14.0. The first kappa shape index (κ1) is 23.0. The van der Waals surface area contributed by atoms with Gasteiger partial charge in [0.1, 0.15) is 12.4 Å². The van der Waals surface area contributed by atoms with Crippen molar-refractivity contribution in [2.45, 2.75) is 45.1 Å². The number of aliphatic imine (C=N–C) groups is 1. The van der Waals surface area contributed by atoms with Gasteiger partial charge in [0, 0.05) is 26.4 Å². The van der Waals surface area contributed by atoms with E-state index in [2.05, 4.69) is 27.5 Å². The molecule has 2 N–H and O–H groups in total. The Morgan fingerprint density at radius 3 is 2.73 bits per heavy atom. The average molecular weight is 476 g/mol. The van der Waals surface area contributed by atoms with E-state index in [1.807, 2.05) is 12.1 Å². The van der Waals surface area contributed by atoms with Crippen molar-refractivity contribution in [2.75, 3.05) is 33.4 Å². The largest absolute Gasteiger partial charge is 0.490 e. The molecule has 6 nitrogen and oxygen atoms in total. The van der Waals surface area contributed by atoms with Crippen LogP contribution in [0.3, 0.4) is 0 Å². The fourth-order valence-electron chi connectivity index (χ4n) is 3.32. The van der Waals surface area contributed by atoms with E-state index in [4.69, 9.17) is 9.47 Å². The molecule has 1 heterocycles. The monoisotopic (exact) mass is 476 g/mol. The third-order valence-electron chi connectivity index (χ3n) is 4.55. The summed E-state index contributed by atoms with van der Waals surface area (Å²) in [5, 5.41) is 6.64. The molecule has 0 spiro atoms. The third kappa shape index (κ3) is 8.53. The van der Waals surface area contributed by atoms with Gasteiger partial charge in [0.2, 0.25) is 0 Å². The molecule has 148 valence electrons. The molecule has 0 saturated heterocycles. The Bertz CT molecular complexity index is 496. The van der Waals surface area contributed by atoms with Gasteiger partial charge in [-0.2, -0.15) is 0 Å². The summed E-state index contributed by atoms with van der Waals surface area (Å²) in [6.45, 7) is 4.99. The lowest BCUT2D eigenvalue weighted by Gasteiger charge is -2.24. The summed E-state index contributed by atoms with van der Waals surface area (Å²) in [6, 6.07) is 3.76. The number of pyridine rings is 1. The minimum Gasteiger partial charge on any atom is -0.490 e. The topological polar surface area (TPSA) is 67.8 Å².